The van der Waals surface area contributed by atoms with Gasteiger partial charge in [0.2, 0.25) is 0 Å². The summed E-state index contributed by atoms with van der Waals surface area (Å²) in [5.41, 5.74) is 2.67. The van der Waals surface area contributed by atoms with Gasteiger partial charge in [-0.25, -0.2) is 9.97 Å². The van der Waals surface area contributed by atoms with Crippen LogP contribution in [0.15, 0.2) is 67.0 Å². The van der Waals surface area contributed by atoms with E-state index in [1.165, 1.54) is 6.33 Å². The molecule has 3 N–H and O–H groups in total. The van der Waals surface area contributed by atoms with Crippen LogP contribution >= 0.6 is 11.3 Å². The third kappa shape index (κ3) is 5.24. The standard InChI is InChI=1S/C27H29N5O3S/c33-15-14-31-10-12-32(13-11-31)27(35)21-8-6-20(7-9-21)24-16-22-25(28-18-29-26(22)36-24)30-23(17-34)19-4-2-1-3-5-19/h1-9,16,18,23,33-34H,10-15,17H2,(H,28,29,30)/t23-/m1/s1. The molecule has 0 radical (unpaired) electrons. The molecule has 2 aromatic carbocycles. The molecule has 0 aliphatic carbocycles. The summed E-state index contributed by atoms with van der Waals surface area (Å²) in [6.07, 6.45) is 1.53. The number of aromatic nitrogens is 2. The van der Waals surface area contributed by atoms with Crippen molar-refractivity contribution < 1.29 is 15.0 Å². The summed E-state index contributed by atoms with van der Waals surface area (Å²) >= 11 is 1.57. The molecular formula is C27H29N5O3S. The SMILES string of the molecule is O=C(c1ccc(-c2cc3c(N[C@H](CO)c4ccccc4)ncnc3s2)cc1)N1CCN(CCO)CC1. The quantitative estimate of drug-likeness (QED) is 0.339. The lowest BCUT2D eigenvalue weighted by Crippen LogP contribution is -2.49. The maximum atomic E-state index is 13.0. The zero-order chi connectivity index (χ0) is 24.9. The molecule has 36 heavy (non-hydrogen) atoms. The van der Waals surface area contributed by atoms with Crippen molar-refractivity contribution in [2.75, 3.05) is 51.3 Å². The van der Waals surface area contributed by atoms with E-state index in [9.17, 15) is 9.90 Å². The molecule has 0 spiro atoms. The van der Waals surface area contributed by atoms with Gasteiger partial charge < -0.3 is 20.4 Å². The van der Waals surface area contributed by atoms with Crippen LogP contribution in [-0.2, 0) is 0 Å². The number of carbonyl (C=O) groups is 1. The van der Waals surface area contributed by atoms with Crippen molar-refractivity contribution in [1.29, 1.82) is 0 Å². The number of thiophene rings is 1. The van der Waals surface area contributed by atoms with E-state index in [1.807, 2.05) is 59.5 Å². The summed E-state index contributed by atoms with van der Waals surface area (Å²) in [5, 5.41) is 23.3. The van der Waals surface area contributed by atoms with Gasteiger partial charge in [0, 0.05) is 43.2 Å². The average Bonchev–Trinajstić information content (AvgIpc) is 3.38. The van der Waals surface area contributed by atoms with Crippen molar-refractivity contribution in [2.45, 2.75) is 6.04 Å². The van der Waals surface area contributed by atoms with Crippen LogP contribution in [0.1, 0.15) is 22.0 Å². The molecule has 1 fully saturated rings. The molecule has 1 aliphatic rings. The number of anilines is 1. The van der Waals surface area contributed by atoms with Crippen LogP contribution in [0.25, 0.3) is 20.7 Å². The number of benzene rings is 2. The van der Waals surface area contributed by atoms with Gasteiger partial charge in [0.1, 0.15) is 17.0 Å². The molecule has 1 aliphatic heterocycles. The Morgan fingerprint density at radius 2 is 1.75 bits per heavy atom. The Kier molecular flexibility index (Phi) is 7.52. The van der Waals surface area contributed by atoms with Gasteiger partial charge in [0.05, 0.1) is 24.6 Å². The second kappa shape index (κ2) is 11.1. The minimum Gasteiger partial charge on any atom is -0.395 e. The molecule has 2 aromatic heterocycles. The van der Waals surface area contributed by atoms with E-state index in [0.717, 1.165) is 39.3 Å². The molecule has 186 valence electrons. The predicted molar refractivity (Wildman–Crippen MR) is 142 cm³/mol. The Balaban J connectivity index is 1.32. The fourth-order valence-electron chi connectivity index (χ4n) is 4.47. The lowest BCUT2D eigenvalue weighted by atomic mass is 10.1. The summed E-state index contributed by atoms with van der Waals surface area (Å²) in [6, 6.07) is 19.3. The summed E-state index contributed by atoms with van der Waals surface area (Å²) < 4.78 is 0. The minimum atomic E-state index is -0.275. The van der Waals surface area contributed by atoms with Gasteiger partial charge in [-0.15, -0.1) is 11.3 Å². The van der Waals surface area contributed by atoms with Crippen LogP contribution in [0.3, 0.4) is 0 Å². The topological polar surface area (TPSA) is 102 Å². The zero-order valence-corrected chi connectivity index (χ0v) is 20.7. The third-order valence-electron chi connectivity index (χ3n) is 6.52. The number of fused-ring (bicyclic) bond motifs is 1. The number of carbonyl (C=O) groups excluding carboxylic acids is 1. The fourth-order valence-corrected chi connectivity index (χ4v) is 5.48. The number of aliphatic hydroxyl groups excluding tert-OH is 2. The van der Waals surface area contributed by atoms with E-state index in [0.29, 0.717) is 31.0 Å². The van der Waals surface area contributed by atoms with Crippen molar-refractivity contribution in [3.63, 3.8) is 0 Å². The van der Waals surface area contributed by atoms with E-state index in [2.05, 4.69) is 26.3 Å². The van der Waals surface area contributed by atoms with E-state index in [4.69, 9.17) is 5.11 Å². The van der Waals surface area contributed by atoms with Crippen molar-refractivity contribution in [2.24, 2.45) is 0 Å². The maximum Gasteiger partial charge on any atom is 0.253 e. The third-order valence-corrected chi connectivity index (χ3v) is 7.61. The second-order valence-corrected chi connectivity index (χ2v) is 9.81. The molecule has 1 atom stereocenters. The van der Waals surface area contributed by atoms with Crippen molar-refractivity contribution >= 4 is 33.3 Å². The van der Waals surface area contributed by atoms with E-state index < -0.39 is 0 Å². The van der Waals surface area contributed by atoms with Crippen LogP contribution in [0.2, 0.25) is 0 Å². The van der Waals surface area contributed by atoms with E-state index in [1.54, 1.807) is 11.3 Å². The van der Waals surface area contributed by atoms with Crippen LogP contribution in [-0.4, -0.2) is 81.8 Å². The van der Waals surface area contributed by atoms with Gasteiger partial charge in [-0.3, -0.25) is 9.69 Å². The number of amides is 1. The van der Waals surface area contributed by atoms with Gasteiger partial charge in [-0.2, -0.15) is 0 Å². The highest BCUT2D eigenvalue weighted by atomic mass is 32.1. The van der Waals surface area contributed by atoms with Crippen LogP contribution < -0.4 is 5.32 Å². The molecule has 5 rings (SSSR count). The Hall–Kier alpha value is -3.37. The van der Waals surface area contributed by atoms with Gasteiger partial charge in [-0.1, -0.05) is 42.5 Å². The predicted octanol–water partition coefficient (Wildman–Crippen LogP) is 3.25. The summed E-state index contributed by atoms with van der Waals surface area (Å²) in [5.74, 6) is 0.715. The number of β-amino-alcohol motifs (C(OH)–C–C–N with tert-alkyl or cyclic N) is 1. The first kappa shape index (κ1) is 24.3. The number of aliphatic hydroxyl groups is 2. The molecule has 3 heterocycles. The monoisotopic (exact) mass is 503 g/mol. The number of piperazine rings is 1. The highest BCUT2D eigenvalue weighted by Crippen LogP contribution is 2.36. The number of nitrogens with one attached hydrogen (secondary N) is 1. The summed E-state index contributed by atoms with van der Waals surface area (Å²) in [6.45, 7) is 3.65. The minimum absolute atomic E-state index is 0.0369. The Morgan fingerprint density at radius 1 is 1.00 bits per heavy atom. The average molecular weight is 504 g/mol. The Bertz CT molecular complexity index is 1300. The lowest BCUT2D eigenvalue weighted by molar-refractivity contribution is 0.0615. The number of nitrogens with zero attached hydrogens (tertiary/aromatic N) is 4. The van der Waals surface area contributed by atoms with Gasteiger partial charge in [0.15, 0.2) is 0 Å². The first-order chi connectivity index (χ1) is 17.7. The van der Waals surface area contributed by atoms with Crippen LogP contribution in [0.5, 0.6) is 0 Å². The maximum absolute atomic E-state index is 13.0. The highest BCUT2D eigenvalue weighted by Gasteiger charge is 2.22. The van der Waals surface area contributed by atoms with Crippen molar-refractivity contribution in [3.05, 3.63) is 78.1 Å². The Morgan fingerprint density at radius 3 is 2.44 bits per heavy atom. The van der Waals surface area contributed by atoms with Gasteiger partial charge in [0.25, 0.3) is 5.91 Å². The molecule has 0 unspecified atom stereocenters. The molecule has 1 amide bonds. The second-order valence-electron chi connectivity index (χ2n) is 8.78. The van der Waals surface area contributed by atoms with Gasteiger partial charge in [-0.05, 0) is 29.3 Å². The normalized spacial score (nSPS) is 15.2. The molecule has 8 nitrogen and oxygen atoms in total. The molecule has 0 bridgehead atoms. The number of hydrogen-bond acceptors (Lipinski definition) is 8. The molecule has 9 heteroatoms. The summed E-state index contributed by atoms with van der Waals surface area (Å²) in [7, 11) is 0. The van der Waals surface area contributed by atoms with Gasteiger partial charge >= 0.3 is 0 Å². The summed E-state index contributed by atoms with van der Waals surface area (Å²) in [4.78, 5) is 27.8. The van der Waals surface area contributed by atoms with Crippen LogP contribution in [0.4, 0.5) is 5.82 Å². The van der Waals surface area contributed by atoms with Crippen molar-refractivity contribution in [3.8, 4) is 10.4 Å². The largest absolute Gasteiger partial charge is 0.395 e. The molecule has 0 saturated carbocycles. The highest BCUT2D eigenvalue weighted by molar-refractivity contribution is 7.21. The zero-order valence-electron chi connectivity index (χ0n) is 19.9. The first-order valence-corrected chi connectivity index (χ1v) is 12.9. The number of rotatable bonds is 8. The van der Waals surface area contributed by atoms with Crippen molar-refractivity contribution in [1.82, 2.24) is 19.8 Å². The smallest absolute Gasteiger partial charge is 0.253 e. The van der Waals surface area contributed by atoms with E-state index >= 15 is 0 Å². The molecular weight excluding hydrogens is 474 g/mol. The number of hydrogen-bond donors (Lipinski definition) is 3. The van der Waals surface area contributed by atoms with Crippen LogP contribution in [0, 0.1) is 0 Å². The Labute approximate surface area is 213 Å². The molecule has 4 aromatic rings. The fraction of sp³-hybridized carbons (Fsp3) is 0.296. The lowest BCUT2D eigenvalue weighted by Gasteiger charge is -2.34. The first-order valence-electron chi connectivity index (χ1n) is 12.1. The molecule has 1 saturated heterocycles. The van der Waals surface area contributed by atoms with E-state index in [-0.39, 0.29) is 25.2 Å².